The van der Waals surface area contributed by atoms with Crippen LogP contribution in [-0.2, 0) is 11.2 Å². The van der Waals surface area contributed by atoms with Gasteiger partial charge >= 0.3 is 5.97 Å². The molecule has 1 heterocycles. The standard InChI is InChI=1S/C14H18N2O3/c1-8-11(7-9(5-6-15)14(18)19)10-3-2-4-12(17)13(10)16-8/h2-4,9,16-17H,5-7,15H2,1H3,(H,18,19). The first-order chi connectivity index (χ1) is 9.04. The first-order valence-electron chi connectivity index (χ1n) is 6.26. The zero-order valence-electron chi connectivity index (χ0n) is 10.8. The van der Waals surface area contributed by atoms with Crippen molar-refractivity contribution in [2.45, 2.75) is 19.8 Å². The van der Waals surface area contributed by atoms with E-state index in [-0.39, 0.29) is 5.75 Å². The summed E-state index contributed by atoms with van der Waals surface area (Å²) in [5, 5.41) is 19.9. The van der Waals surface area contributed by atoms with E-state index >= 15 is 0 Å². The van der Waals surface area contributed by atoms with Crippen LogP contribution >= 0.6 is 0 Å². The molecule has 0 spiro atoms. The van der Waals surface area contributed by atoms with Gasteiger partial charge in [-0.15, -0.1) is 0 Å². The SMILES string of the molecule is Cc1[nH]c2c(O)cccc2c1CC(CCN)C(=O)O. The molecule has 0 aliphatic carbocycles. The van der Waals surface area contributed by atoms with E-state index in [0.29, 0.717) is 24.9 Å². The van der Waals surface area contributed by atoms with Crippen molar-refractivity contribution in [2.75, 3.05) is 6.54 Å². The van der Waals surface area contributed by atoms with E-state index in [0.717, 1.165) is 16.6 Å². The van der Waals surface area contributed by atoms with Gasteiger partial charge in [0.25, 0.3) is 0 Å². The van der Waals surface area contributed by atoms with Gasteiger partial charge in [-0.1, -0.05) is 12.1 Å². The van der Waals surface area contributed by atoms with E-state index in [2.05, 4.69) is 4.98 Å². The van der Waals surface area contributed by atoms with E-state index in [1.807, 2.05) is 13.0 Å². The largest absolute Gasteiger partial charge is 0.506 e. The number of aryl methyl sites for hydroxylation is 1. The molecule has 5 N–H and O–H groups in total. The summed E-state index contributed by atoms with van der Waals surface area (Å²) in [5.41, 5.74) is 7.94. The average molecular weight is 262 g/mol. The number of para-hydroxylation sites is 1. The minimum Gasteiger partial charge on any atom is -0.506 e. The lowest BCUT2D eigenvalue weighted by Crippen LogP contribution is -2.20. The van der Waals surface area contributed by atoms with Crippen LogP contribution in [0, 0.1) is 12.8 Å². The Morgan fingerprint density at radius 3 is 2.84 bits per heavy atom. The van der Waals surface area contributed by atoms with Crippen LogP contribution in [0.4, 0.5) is 0 Å². The number of benzene rings is 1. The second-order valence-electron chi connectivity index (χ2n) is 4.74. The second kappa shape index (κ2) is 5.32. The first-order valence-corrected chi connectivity index (χ1v) is 6.26. The van der Waals surface area contributed by atoms with E-state index in [4.69, 9.17) is 5.73 Å². The van der Waals surface area contributed by atoms with Crippen molar-refractivity contribution in [3.63, 3.8) is 0 Å². The molecule has 5 heteroatoms. The molecule has 0 aliphatic heterocycles. The molecule has 1 unspecified atom stereocenters. The van der Waals surface area contributed by atoms with Crippen molar-refractivity contribution >= 4 is 16.9 Å². The van der Waals surface area contributed by atoms with Crippen LogP contribution in [-0.4, -0.2) is 27.7 Å². The van der Waals surface area contributed by atoms with Gasteiger partial charge in [0.15, 0.2) is 0 Å². The van der Waals surface area contributed by atoms with Crippen LogP contribution in [0.15, 0.2) is 18.2 Å². The third-order valence-corrected chi connectivity index (χ3v) is 3.45. The summed E-state index contributed by atoms with van der Waals surface area (Å²) in [5.74, 6) is -1.15. The molecule has 0 bridgehead atoms. The molecule has 0 fully saturated rings. The number of hydrogen-bond donors (Lipinski definition) is 4. The number of fused-ring (bicyclic) bond motifs is 1. The van der Waals surface area contributed by atoms with Gasteiger partial charge in [-0.05, 0) is 37.9 Å². The number of aromatic nitrogens is 1. The zero-order valence-corrected chi connectivity index (χ0v) is 10.8. The number of H-pyrrole nitrogens is 1. The van der Waals surface area contributed by atoms with Gasteiger partial charge in [0.1, 0.15) is 5.75 Å². The molecular weight excluding hydrogens is 244 g/mol. The number of carboxylic acid groups (broad SMARTS) is 1. The van der Waals surface area contributed by atoms with Crippen molar-refractivity contribution < 1.29 is 15.0 Å². The van der Waals surface area contributed by atoms with E-state index in [9.17, 15) is 15.0 Å². The Labute approximate surface area is 111 Å². The molecular formula is C14H18N2O3. The van der Waals surface area contributed by atoms with Gasteiger partial charge in [-0.25, -0.2) is 0 Å². The fraction of sp³-hybridized carbons (Fsp3) is 0.357. The summed E-state index contributed by atoms with van der Waals surface area (Å²) in [7, 11) is 0. The van der Waals surface area contributed by atoms with Crippen molar-refractivity contribution in [1.29, 1.82) is 0 Å². The Morgan fingerprint density at radius 2 is 2.21 bits per heavy atom. The van der Waals surface area contributed by atoms with E-state index in [1.165, 1.54) is 0 Å². The van der Waals surface area contributed by atoms with E-state index in [1.54, 1.807) is 12.1 Å². The van der Waals surface area contributed by atoms with Gasteiger partial charge in [-0.3, -0.25) is 4.79 Å². The monoisotopic (exact) mass is 262 g/mol. The molecule has 0 amide bonds. The number of carboxylic acids is 1. The molecule has 0 radical (unpaired) electrons. The number of aromatic amines is 1. The predicted octanol–water partition coefficient (Wildman–Crippen LogP) is 1.77. The molecule has 0 aliphatic rings. The Morgan fingerprint density at radius 1 is 1.47 bits per heavy atom. The summed E-state index contributed by atoms with van der Waals surface area (Å²) in [4.78, 5) is 14.3. The highest BCUT2D eigenvalue weighted by Gasteiger charge is 2.21. The third-order valence-electron chi connectivity index (χ3n) is 3.45. The predicted molar refractivity (Wildman–Crippen MR) is 73.2 cm³/mol. The highest BCUT2D eigenvalue weighted by Crippen LogP contribution is 2.30. The lowest BCUT2D eigenvalue weighted by molar-refractivity contribution is -0.141. The van der Waals surface area contributed by atoms with Gasteiger partial charge in [0.2, 0.25) is 0 Å². The fourth-order valence-electron chi connectivity index (χ4n) is 2.41. The van der Waals surface area contributed by atoms with Crippen LogP contribution in [0.2, 0.25) is 0 Å². The number of aromatic hydroxyl groups is 1. The fourth-order valence-corrected chi connectivity index (χ4v) is 2.41. The number of carbonyl (C=O) groups is 1. The highest BCUT2D eigenvalue weighted by molar-refractivity contribution is 5.89. The number of rotatable bonds is 5. The van der Waals surface area contributed by atoms with Crippen LogP contribution in [0.3, 0.4) is 0 Å². The topological polar surface area (TPSA) is 99.3 Å². The quantitative estimate of drug-likeness (QED) is 0.660. The molecule has 102 valence electrons. The maximum atomic E-state index is 11.2. The maximum absolute atomic E-state index is 11.2. The minimum atomic E-state index is -0.834. The lowest BCUT2D eigenvalue weighted by atomic mass is 9.94. The van der Waals surface area contributed by atoms with Crippen LogP contribution in [0.25, 0.3) is 10.9 Å². The lowest BCUT2D eigenvalue weighted by Gasteiger charge is -2.11. The van der Waals surface area contributed by atoms with Crippen molar-refractivity contribution in [3.8, 4) is 5.75 Å². The number of phenols is 1. The highest BCUT2D eigenvalue weighted by atomic mass is 16.4. The molecule has 19 heavy (non-hydrogen) atoms. The summed E-state index contributed by atoms with van der Waals surface area (Å²) in [6.07, 6.45) is 0.863. The van der Waals surface area contributed by atoms with Crippen molar-refractivity contribution in [1.82, 2.24) is 4.98 Å². The third kappa shape index (κ3) is 2.56. The summed E-state index contributed by atoms with van der Waals surface area (Å²) in [6.45, 7) is 2.24. The second-order valence-corrected chi connectivity index (χ2v) is 4.74. The van der Waals surface area contributed by atoms with Gasteiger partial charge in [0.05, 0.1) is 11.4 Å². The average Bonchev–Trinajstić information content (AvgIpc) is 2.67. The molecule has 0 saturated heterocycles. The molecule has 5 nitrogen and oxygen atoms in total. The maximum Gasteiger partial charge on any atom is 0.306 e. The number of phenolic OH excluding ortho intramolecular Hbond substituents is 1. The minimum absolute atomic E-state index is 0.178. The summed E-state index contributed by atoms with van der Waals surface area (Å²) in [6, 6.07) is 5.25. The Balaban J connectivity index is 2.42. The van der Waals surface area contributed by atoms with Gasteiger partial charge in [0, 0.05) is 11.1 Å². The summed E-state index contributed by atoms with van der Waals surface area (Å²) >= 11 is 0. The molecule has 1 aromatic carbocycles. The first kappa shape index (κ1) is 13.4. The van der Waals surface area contributed by atoms with Crippen LogP contribution in [0.5, 0.6) is 5.75 Å². The van der Waals surface area contributed by atoms with Crippen molar-refractivity contribution in [3.05, 3.63) is 29.5 Å². The van der Waals surface area contributed by atoms with Crippen LogP contribution in [0.1, 0.15) is 17.7 Å². The smallest absolute Gasteiger partial charge is 0.306 e. The Hall–Kier alpha value is -2.01. The normalized spacial score (nSPS) is 12.7. The number of nitrogens with one attached hydrogen (secondary N) is 1. The van der Waals surface area contributed by atoms with Gasteiger partial charge < -0.3 is 20.9 Å². The molecule has 1 atom stereocenters. The summed E-state index contributed by atoms with van der Waals surface area (Å²) < 4.78 is 0. The van der Waals surface area contributed by atoms with E-state index < -0.39 is 11.9 Å². The van der Waals surface area contributed by atoms with Crippen molar-refractivity contribution in [2.24, 2.45) is 11.7 Å². The zero-order chi connectivity index (χ0) is 14.0. The number of nitrogens with two attached hydrogens (primary N) is 1. The molecule has 2 rings (SSSR count). The number of hydrogen-bond acceptors (Lipinski definition) is 3. The molecule has 1 aromatic heterocycles. The van der Waals surface area contributed by atoms with Crippen LogP contribution < -0.4 is 5.73 Å². The Kier molecular flexibility index (Phi) is 3.76. The Bertz CT molecular complexity index is 604. The number of aliphatic carboxylic acids is 1. The molecule has 0 saturated carbocycles. The van der Waals surface area contributed by atoms with Gasteiger partial charge in [-0.2, -0.15) is 0 Å². The molecule has 2 aromatic rings.